The second-order valence-corrected chi connectivity index (χ2v) is 9.92. The van der Waals surface area contributed by atoms with Crippen molar-refractivity contribution in [3.63, 3.8) is 0 Å². The van der Waals surface area contributed by atoms with Gasteiger partial charge in [0.05, 0.1) is 11.0 Å². The Bertz CT molecular complexity index is 1830. The first kappa shape index (κ1) is 23.2. The van der Waals surface area contributed by atoms with Crippen LogP contribution in [0.4, 0.5) is 0 Å². The molecular weight excluding hydrogens is 472 g/mol. The zero-order chi connectivity index (χ0) is 26.2. The van der Waals surface area contributed by atoms with E-state index >= 15 is 0 Å². The number of fused-ring (bicyclic) bond motifs is 6. The van der Waals surface area contributed by atoms with Gasteiger partial charge in [0.25, 0.3) is 0 Å². The minimum atomic E-state index is -0.00748. The molecule has 39 heavy (non-hydrogen) atoms. The zero-order valence-electron chi connectivity index (χ0n) is 21.8. The Morgan fingerprint density at radius 3 is 1.90 bits per heavy atom. The molecule has 1 aliphatic carbocycles. The summed E-state index contributed by atoms with van der Waals surface area (Å²) in [5.74, 6) is 0. The molecule has 0 amide bonds. The molecule has 5 aromatic carbocycles. The van der Waals surface area contributed by atoms with Gasteiger partial charge >= 0.3 is 0 Å². The SMILES string of the molecule is C/C=C\C=C(/C=NC1c2ccccc2-c2ccccc21)c1cccc(-n2c3ccccc3c3ccccc32)c1. The molecule has 0 saturated carbocycles. The molecule has 0 unspecified atom stereocenters. The van der Waals surface area contributed by atoms with Gasteiger partial charge in [0.2, 0.25) is 0 Å². The van der Waals surface area contributed by atoms with Crippen LogP contribution in [-0.2, 0) is 0 Å². The highest BCUT2D eigenvalue weighted by Crippen LogP contribution is 2.45. The van der Waals surface area contributed by atoms with E-state index in [1.165, 1.54) is 44.1 Å². The largest absolute Gasteiger partial charge is 0.309 e. The van der Waals surface area contributed by atoms with Crippen LogP contribution in [-0.4, -0.2) is 10.8 Å². The molecule has 0 radical (unpaired) electrons. The molecule has 0 bridgehead atoms. The highest BCUT2D eigenvalue weighted by atomic mass is 15.0. The van der Waals surface area contributed by atoms with E-state index < -0.39 is 0 Å². The Kier molecular flexibility index (Phi) is 5.79. The van der Waals surface area contributed by atoms with Crippen LogP contribution in [0.5, 0.6) is 0 Å². The number of hydrogen-bond acceptors (Lipinski definition) is 1. The fraction of sp³-hybridized carbons (Fsp3) is 0.0541. The molecule has 7 rings (SSSR count). The van der Waals surface area contributed by atoms with Crippen LogP contribution in [0.15, 0.2) is 145 Å². The summed E-state index contributed by atoms with van der Waals surface area (Å²) in [5, 5.41) is 2.53. The molecule has 1 heterocycles. The Labute approximate surface area is 228 Å². The van der Waals surface area contributed by atoms with Gasteiger partial charge in [-0.3, -0.25) is 4.99 Å². The van der Waals surface area contributed by atoms with E-state index in [-0.39, 0.29) is 6.04 Å². The first-order valence-electron chi connectivity index (χ1n) is 13.5. The molecule has 0 atom stereocenters. The Balaban J connectivity index is 1.34. The third-order valence-electron chi connectivity index (χ3n) is 7.65. The quantitative estimate of drug-likeness (QED) is 0.166. The van der Waals surface area contributed by atoms with Gasteiger partial charge in [-0.15, -0.1) is 0 Å². The fourth-order valence-corrected chi connectivity index (χ4v) is 5.88. The van der Waals surface area contributed by atoms with Crippen molar-refractivity contribution in [3.05, 3.63) is 156 Å². The van der Waals surface area contributed by atoms with Gasteiger partial charge in [0.15, 0.2) is 0 Å². The Hall–Kier alpha value is -4.95. The van der Waals surface area contributed by atoms with Gasteiger partial charge in [-0.2, -0.15) is 0 Å². The Morgan fingerprint density at radius 1 is 0.667 bits per heavy atom. The lowest BCUT2D eigenvalue weighted by molar-refractivity contribution is 0.909. The van der Waals surface area contributed by atoms with Crippen molar-refractivity contribution < 1.29 is 0 Å². The van der Waals surface area contributed by atoms with E-state index in [4.69, 9.17) is 4.99 Å². The molecule has 0 saturated heterocycles. The lowest BCUT2D eigenvalue weighted by Crippen LogP contribution is -1.97. The average Bonchev–Trinajstić information content (AvgIpc) is 3.50. The number of para-hydroxylation sites is 2. The van der Waals surface area contributed by atoms with E-state index in [0.29, 0.717) is 0 Å². The van der Waals surface area contributed by atoms with E-state index in [2.05, 4.69) is 150 Å². The summed E-state index contributed by atoms with van der Waals surface area (Å²) in [7, 11) is 0. The zero-order valence-corrected chi connectivity index (χ0v) is 21.8. The number of rotatable bonds is 5. The van der Waals surface area contributed by atoms with Gasteiger partial charge in [0.1, 0.15) is 6.04 Å². The van der Waals surface area contributed by atoms with E-state index in [9.17, 15) is 0 Å². The predicted octanol–water partition coefficient (Wildman–Crippen LogP) is 9.58. The third kappa shape index (κ3) is 3.93. The Morgan fingerprint density at radius 2 is 1.26 bits per heavy atom. The lowest BCUT2D eigenvalue weighted by atomic mass is 10.0. The van der Waals surface area contributed by atoms with Gasteiger partial charge in [-0.05, 0) is 64.6 Å². The van der Waals surface area contributed by atoms with Crippen molar-refractivity contribution in [1.82, 2.24) is 4.57 Å². The molecule has 2 heteroatoms. The predicted molar refractivity (Wildman–Crippen MR) is 166 cm³/mol. The van der Waals surface area contributed by atoms with Crippen molar-refractivity contribution in [1.29, 1.82) is 0 Å². The number of nitrogens with zero attached hydrogens (tertiary/aromatic N) is 2. The molecule has 2 nitrogen and oxygen atoms in total. The van der Waals surface area contributed by atoms with Gasteiger partial charge in [-0.1, -0.05) is 115 Å². The second kappa shape index (κ2) is 9.74. The number of hydrogen-bond donors (Lipinski definition) is 0. The summed E-state index contributed by atoms with van der Waals surface area (Å²) in [6.07, 6.45) is 8.35. The first-order chi connectivity index (χ1) is 19.3. The van der Waals surface area contributed by atoms with Crippen LogP contribution < -0.4 is 0 Å². The molecule has 0 aliphatic heterocycles. The molecule has 0 spiro atoms. The van der Waals surface area contributed by atoms with Crippen LogP contribution >= 0.6 is 0 Å². The summed E-state index contributed by atoms with van der Waals surface area (Å²) in [4.78, 5) is 5.19. The number of aliphatic imine (C=N–C) groups is 1. The molecule has 6 aromatic rings. The molecule has 186 valence electrons. The molecule has 0 N–H and O–H groups in total. The monoisotopic (exact) mass is 500 g/mol. The molecular formula is C37H28N2. The van der Waals surface area contributed by atoms with Gasteiger partial charge in [-0.25, -0.2) is 0 Å². The van der Waals surface area contributed by atoms with Crippen LogP contribution in [0, 0.1) is 0 Å². The summed E-state index contributed by atoms with van der Waals surface area (Å²) < 4.78 is 2.36. The maximum absolute atomic E-state index is 5.19. The highest BCUT2D eigenvalue weighted by Gasteiger charge is 2.27. The second-order valence-electron chi connectivity index (χ2n) is 9.92. The normalized spacial score (nSPS) is 13.6. The minimum absolute atomic E-state index is 0.00748. The van der Waals surface area contributed by atoms with E-state index in [1.54, 1.807) is 0 Å². The summed E-state index contributed by atoms with van der Waals surface area (Å²) in [6, 6.07) is 43.3. The molecule has 1 aromatic heterocycles. The number of allylic oxidation sites excluding steroid dienone is 4. The van der Waals surface area contributed by atoms with Crippen LogP contribution in [0.25, 0.3) is 44.2 Å². The maximum Gasteiger partial charge on any atom is 0.101 e. The lowest BCUT2D eigenvalue weighted by Gasteiger charge is -2.12. The topological polar surface area (TPSA) is 17.3 Å². The van der Waals surface area contributed by atoms with E-state index in [0.717, 1.165) is 16.8 Å². The smallest absolute Gasteiger partial charge is 0.101 e. The number of benzene rings is 5. The summed E-state index contributed by atoms with van der Waals surface area (Å²) in [5.41, 5.74) is 10.9. The van der Waals surface area contributed by atoms with Crippen LogP contribution in [0.1, 0.15) is 29.7 Å². The van der Waals surface area contributed by atoms with Crippen molar-refractivity contribution >= 4 is 33.6 Å². The van der Waals surface area contributed by atoms with Crippen molar-refractivity contribution in [2.45, 2.75) is 13.0 Å². The minimum Gasteiger partial charge on any atom is -0.309 e. The van der Waals surface area contributed by atoms with Crippen LogP contribution in [0.3, 0.4) is 0 Å². The standard InChI is InChI=1S/C37H28N2/c1-2-3-13-27(25-38-37-33-20-6-4-16-29(33)30-17-5-7-21-34(30)37)26-14-12-15-28(24-26)39-35-22-10-8-18-31(35)32-19-9-11-23-36(32)39/h2-25,37H,1H3/b3-2-,27-13+,38-25?. The van der Waals surface area contributed by atoms with Gasteiger partial charge < -0.3 is 4.57 Å². The van der Waals surface area contributed by atoms with Crippen molar-refractivity contribution in [2.24, 2.45) is 4.99 Å². The fourth-order valence-electron chi connectivity index (χ4n) is 5.88. The first-order valence-corrected chi connectivity index (χ1v) is 13.5. The highest BCUT2D eigenvalue weighted by molar-refractivity contribution is 6.11. The van der Waals surface area contributed by atoms with Crippen LogP contribution in [0.2, 0.25) is 0 Å². The molecule has 0 fully saturated rings. The van der Waals surface area contributed by atoms with Gasteiger partial charge in [0, 0.05) is 22.7 Å². The third-order valence-corrected chi connectivity index (χ3v) is 7.65. The summed E-state index contributed by atoms with van der Waals surface area (Å²) in [6.45, 7) is 2.04. The summed E-state index contributed by atoms with van der Waals surface area (Å²) >= 11 is 0. The van der Waals surface area contributed by atoms with Crippen molar-refractivity contribution in [2.75, 3.05) is 0 Å². The average molecular weight is 501 g/mol. The number of aromatic nitrogens is 1. The van der Waals surface area contributed by atoms with Crippen molar-refractivity contribution in [3.8, 4) is 16.8 Å². The van der Waals surface area contributed by atoms with E-state index in [1.807, 2.05) is 6.92 Å². The maximum atomic E-state index is 5.19. The molecule has 1 aliphatic rings.